The molecule has 3 heterocycles. The lowest BCUT2D eigenvalue weighted by Crippen LogP contribution is -2.43. The topological polar surface area (TPSA) is 88.8 Å². The number of nitrogens with one attached hydrogen (secondary N) is 1. The summed E-state index contributed by atoms with van der Waals surface area (Å²) in [7, 11) is 3.93. The van der Waals surface area contributed by atoms with Crippen LogP contribution in [-0.2, 0) is 17.7 Å². The van der Waals surface area contributed by atoms with Crippen LogP contribution in [0.2, 0.25) is 0 Å². The molecule has 0 unspecified atom stereocenters. The summed E-state index contributed by atoms with van der Waals surface area (Å²) in [5, 5.41) is 3.64. The number of nitrogens with two attached hydrogens (primary N) is 1. The smallest absolute Gasteiger partial charge is 0.148 e. The third-order valence-corrected chi connectivity index (χ3v) is 7.41. The maximum Gasteiger partial charge on any atom is 0.148 e. The summed E-state index contributed by atoms with van der Waals surface area (Å²) < 4.78 is 11.4. The lowest BCUT2D eigenvalue weighted by Gasteiger charge is -2.32. The predicted molar refractivity (Wildman–Crippen MR) is 146 cm³/mol. The highest BCUT2D eigenvalue weighted by Gasteiger charge is 2.20. The van der Waals surface area contributed by atoms with Gasteiger partial charge in [-0.1, -0.05) is 19.1 Å². The van der Waals surface area contributed by atoms with Crippen LogP contribution in [0.4, 0.5) is 11.5 Å². The first-order valence-electron chi connectivity index (χ1n) is 13.1. The SMILES string of the molecule is CCc1nc2c(N)ccc(-c3ccc(CN4CCN(C)CC4)c(OC)c3)c2nc1NC1CCOCC1. The Bertz CT molecular complexity index is 1200. The second-order valence-electron chi connectivity index (χ2n) is 9.91. The fourth-order valence-corrected chi connectivity index (χ4v) is 5.11. The first kappa shape index (κ1) is 24.7. The van der Waals surface area contributed by atoms with E-state index in [1.807, 2.05) is 12.1 Å². The van der Waals surface area contributed by atoms with E-state index in [0.29, 0.717) is 11.7 Å². The molecule has 0 bridgehead atoms. The molecule has 0 radical (unpaired) electrons. The molecule has 2 saturated heterocycles. The van der Waals surface area contributed by atoms with Crippen LogP contribution >= 0.6 is 0 Å². The molecule has 0 aliphatic carbocycles. The molecule has 3 N–H and O–H groups in total. The van der Waals surface area contributed by atoms with E-state index < -0.39 is 0 Å². The van der Waals surface area contributed by atoms with E-state index >= 15 is 0 Å². The lowest BCUT2D eigenvalue weighted by atomic mass is 10.00. The van der Waals surface area contributed by atoms with Crippen molar-refractivity contribution < 1.29 is 9.47 Å². The Morgan fingerprint density at radius 1 is 1.06 bits per heavy atom. The Kier molecular flexibility index (Phi) is 7.55. The van der Waals surface area contributed by atoms with Gasteiger partial charge in [-0.25, -0.2) is 9.97 Å². The molecule has 2 aromatic carbocycles. The number of ether oxygens (including phenoxy) is 2. The molecule has 2 aliphatic heterocycles. The van der Waals surface area contributed by atoms with Crippen LogP contribution in [-0.4, -0.2) is 79.4 Å². The van der Waals surface area contributed by atoms with Gasteiger partial charge in [-0.15, -0.1) is 0 Å². The zero-order valence-electron chi connectivity index (χ0n) is 21.7. The zero-order chi connectivity index (χ0) is 25.1. The molecule has 1 aromatic heterocycles. The van der Waals surface area contributed by atoms with Crippen molar-refractivity contribution in [2.75, 3.05) is 64.6 Å². The summed E-state index contributed by atoms with van der Waals surface area (Å²) in [5.74, 6) is 1.75. The number of likely N-dealkylation sites (N-methyl/N-ethyl adjacent to an activating group) is 1. The van der Waals surface area contributed by atoms with Crippen LogP contribution in [0.1, 0.15) is 31.0 Å². The van der Waals surface area contributed by atoms with Crippen molar-refractivity contribution in [2.24, 2.45) is 0 Å². The first-order valence-corrected chi connectivity index (χ1v) is 13.1. The number of nitrogen functional groups attached to an aromatic ring is 1. The molecule has 0 saturated carbocycles. The van der Waals surface area contributed by atoms with Gasteiger partial charge in [0.05, 0.1) is 18.5 Å². The number of fused-ring (bicyclic) bond motifs is 1. The fraction of sp³-hybridized carbons (Fsp3) is 0.500. The molecule has 3 aromatic rings. The summed E-state index contributed by atoms with van der Waals surface area (Å²) in [4.78, 5) is 14.9. The van der Waals surface area contributed by atoms with E-state index in [9.17, 15) is 0 Å². The average molecular weight is 491 g/mol. The number of aryl methyl sites for hydroxylation is 1. The van der Waals surface area contributed by atoms with Gasteiger partial charge in [0.2, 0.25) is 0 Å². The minimum atomic E-state index is 0.342. The molecular formula is C28H38N6O2. The van der Waals surface area contributed by atoms with Crippen molar-refractivity contribution in [1.82, 2.24) is 19.8 Å². The molecule has 2 aliphatic rings. The van der Waals surface area contributed by atoms with Crippen LogP contribution in [0.25, 0.3) is 22.2 Å². The zero-order valence-corrected chi connectivity index (χ0v) is 21.7. The van der Waals surface area contributed by atoms with Gasteiger partial charge in [-0.05, 0) is 50.1 Å². The Balaban J connectivity index is 1.50. The maximum absolute atomic E-state index is 6.38. The third kappa shape index (κ3) is 5.26. The molecule has 36 heavy (non-hydrogen) atoms. The number of anilines is 2. The molecule has 2 fully saturated rings. The first-order chi connectivity index (χ1) is 17.6. The van der Waals surface area contributed by atoms with E-state index in [4.69, 9.17) is 25.2 Å². The number of piperazine rings is 1. The Labute approximate surface area is 213 Å². The van der Waals surface area contributed by atoms with Crippen LogP contribution < -0.4 is 15.8 Å². The highest BCUT2D eigenvalue weighted by atomic mass is 16.5. The summed E-state index contributed by atoms with van der Waals surface area (Å²) in [5.41, 5.74) is 12.8. The van der Waals surface area contributed by atoms with Gasteiger partial charge in [-0.3, -0.25) is 4.90 Å². The van der Waals surface area contributed by atoms with E-state index in [1.165, 1.54) is 5.56 Å². The Morgan fingerprint density at radius 2 is 1.83 bits per heavy atom. The number of methoxy groups -OCH3 is 1. The van der Waals surface area contributed by atoms with E-state index in [0.717, 1.165) is 105 Å². The molecule has 8 heteroatoms. The molecule has 0 atom stereocenters. The van der Waals surface area contributed by atoms with Crippen LogP contribution in [0.3, 0.4) is 0 Å². The Morgan fingerprint density at radius 3 is 2.56 bits per heavy atom. The van der Waals surface area contributed by atoms with E-state index in [1.54, 1.807) is 7.11 Å². The van der Waals surface area contributed by atoms with Gasteiger partial charge in [0, 0.05) is 63.1 Å². The van der Waals surface area contributed by atoms with Gasteiger partial charge in [0.25, 0.3) is 0 Å². The van der Waals surface area contributed by atoms with Gasteiger partial charge >= 0.3 is 0 Å². The number of hydrogen-bond acceptors (Lipinski definition) is 8. The number of benzene rings is 2. The Hall–Kier alpha value is -2.94. The van der Waals surface area contributed by atoms with Crippen molar-refractivity contribution in [2.45, 2.75) is 38.8 Å². The van der Waals surface area contributed by atoms with Gasteiger partial charge < -0.3 is 25.4 Å². The van der Waals surface area contributed by atoms with Crippen LogP contribution in [0.15, 0.2) is 30.3 Å². The maximum atomic E-state index is 6.38. The largest absolute Gasteiger partial charge is 0.496 e. The quantitative estimate of drug-likeness (QED) is 0.484. The number of rotatable bonds is 7. The third-order valence-electron chi connectivity index (χ3n) is 7.41. The van der Waals surface area contributed by atoms with Crippen molar-refractivity contribution in [3.8, 4) is 16.9 Å². The normalized spacial score (nSPS) is 18.0. The average Bonchev–Trinajstić information content (AvgIpc) is 2.91. The highest BCUT2D eigenvalue weighted by molar-refractivity contribution is 5.99. The number of nitrogens with zero attached hydrogens (tertiary/aromatic N) is 4. The van der Waals surface area contributed by atoms with Crippen molar-refractivity contribution >= 4 is 22.5 Å². The number of aromatic nitrogens is 2. The summed E-state index contributed by atoms with van der Waals surface area (Å²) in [6.45, 7) is 8.89. The van der Waals surface area contributed by atoms with Gasteiger partial charge in [-0.2, -0.15) is 0 Å². The summed E-state index contributed by atoms with van der Waals surface area (Å²) >= 11 is 0. The molecular weight excluding hydrogens is 452 g/mol. The standard InChI is InChI=1S/C28H38N6O2/c1-4-24-28(30-21-9-15-36-16-10-21)32-26-22(7-8-23(29)27(26)31-24)19-5-6-20(25(17-19)35-3)18-34-13-11-33(2)12-14-34/h5-8,17,21H,4,9-16,18,29H2,1-3H3,(H,30,32). The second-order valence-corrected chi connectivity index (χ2v) is 9.91. The monoisotopic (exact) mass is 490 g/mol. The minimum Gasteiger partial charge on any atom is -0.496 e. The van der Waals surface area contributed by atoms with Crippen LogP contribution in [0.5, 0.6) is 5.75 Å². The van der Waals surface area contributed by atoms with Crippen LogP contribution in [0, 0.1) is 0 Å². The van der Waals surface area contributed by atoms with E-state index in [-0.39, 0.29) is 0 Å². The second kappa shape index (κ2) is 11.0. The fourth-order valence-electron chi connectivity index (χ4n) is 5.11. The van der Waals surface area contributed by atoms with Gasteiger partial charge in [0.1, 0.15) is 22.6 Å². The van der Waals surface area contributed by atoms with Crippen molar-refractivity contribution in [3.63, 3.8) is 0 Å². The van der Waals surface area contributed by atoms with Crippen molar-refractivity contribution in [3.05, 3.63) is 41.6 Å². The molecule has 5 rings (SSSR count). The molecule has 0 amide bonds. The lowest BCUT2D eigenvalue weighted by molar-refractivity contribution is 0.0903. The molecule has 0 spiro atoms. The number of hydrogen-bond donors (Lipinski definition) is 2. The molecule has 8 nitrogen and oxygen atoms in total. The predicted octanol–water partition coefficient (Wildman–Crippen LogP) is 3.79. The minimum absolute atomic E-state index is 0.342. The summed E-state index contributed by atoms with van der Waals surface area (Å²) in [6.07, 6.45) is 2.73. The highest BCUT2D eigenvalue weighted by Crippen LogP contribution is 2.35. The molecule has 192 valence electrons. The van der Waals surface area contributed by atoms with E-state index in [2.05, 4.69) is 47.3 Å². The summed E-state index contributed by atoms with van der Waals surface area (Å²) in [6, 6.07) is 10.8. The van der Waals surface area contributed by atoms with Gasteiger partial charge in [0.15, 0.2) is 0 Å². The van der Waals surface area contributed by atoms with Crippen molar-refractivity contribution in [1.29, 1.82) is 0 Å².